The SMILES string of the molecule is CN=C(NCc1ccnn1C)NCC(C)Oc1ccc(C)cc1. The molecule has 0 aliphatic rings. The Morgan fingerprint density at radius 3 is 2.61 bits per heavy atom. The number of nitrogens with zero attached hydrogens (tertiary/aromatic N) is 3. The fourth-order valence-electron chi connectivity index (χ4n) is 2.10. The molecule has 1 aromatic heterocycles. The number of benzene rings is 1. The Hall–Kier alpha value is -2.50. The summed E-state index contributed by atoms with van der Waals surface area (Å²) in [5.41, 5.74) is 2.32. The number of aliphatic imine (C=N–C) groups is 1. The molecule has 23 heavy (non-hydrogen) atoms. The second-order valence-electron chi connectivity index (χ2n) is 5.49. The Morgan fingerprint density at radius 2 is 2.00 bits per heavy atom. The molecule has 6 heteroatoms. The maximum absolute atomic E-state index is 5.87. The monoisotopic (exact) mass is 315 g/mol. The van der Waals surface area contributed by atoms with Gasteiger partial charge in [0.15, 0.2) is 5.96 Å². The first-order valence-electron chi connectivity index (χ1n) is 7.73. The largest absolute Gasteiger partial charge is 0.489 e. The van der Waals surface area contributed by atoms with Crippen LogP contribution in [0, 0.1) is 6.92 Å². The smallest absolute Gasteiger partial charge is 0.191 e. The van der Waals surface area contributed by atoms with E-state index in [1.54, 1.807) is 13.2 Å². The van der Waals surface area contributed by atoms with Crippen LogP contribution in [-0.2, 0) is 13.6 Å². The minimum atomic E-state index is 0.0351. The van der Waals surface area contributed by atoms with Gasteiger partial charge in [-0.3, -0.25) is 9.67 Å². The molecule has 0 fully saturated rings. The molecule has 1 atom stereocenters. The second-order valence-corrected chi connectivity index (χ2v) is 5.49. The standard InChI is InChI=1S/C17H25N5O/c1-13-5-7-16(8-6-13)23-14(2)11-19-17(18-3)20-12-15-9-10-21-22(15)4/h5-10,14H,11-12H2,1-4H3,(H2,18,19,20). The van der Waals surface area contributed by atoms with Crippen molar-refractivity contribution in [2.45, 2.75) is 26.5 Å². The lowest BCUT2D eigenvalue weighted by atomic mass is 10.2. The fourth-order valence-corrected chi connectivity index (χ4v) is 2.10. The van der Waals surface area contributed by atoms with Gasteiger partial charge in [0.1, 0.15) is 11.9 Å². The number of hydrogen-bond acceptors (Lipinski definition) is 3. The number of nitrogens with one attached hydrogen (secondary N) is 2. The van der Waals surface area contributed by atoms with Crippen LogP contribution in [0.4, 0.5) is 0 Å². The summed E-state index contributed by atoms with van der Waals surface area (Å²) in [6.45, 7) is 5.43. The van der Waals surface area contributed by atoms with E-state index in [1.165, 1.54) is 5.56 Å². The van der Waals surface area contributed by atoms with Crippen molar-refractivity contribution in [3.8, 4) is 5.75 Å². The zero-order valence-corrected chi connectivity index (χ0v) is 14.2. The number of aryl methyl sites for hydroxylation is 2. The van der Waals surface area contributed by atoms with E-state index >= 15 is 0 Å². The molecule has 1 aromatic carbocycles. The van der Waals surface area contributed by atoms with Gasteiger partial charge >= 0.3 is 0 Å². The van der Waals surface area contributed by atoms with Crippen LogP contribution < -0.4 is 15.4 Å². The highest BCUT2D eigenvalue weighted by Crippen LogP contribution is 2.12. The number of rotatable bonds is 6. The first-order chi connectivity index (χ1) is 11.1. The van der Waals surface area contributed by atoms with Crippen LogP contribution in [0.2, 0.25) is 0 Å². The number of guanidine groups is 1. The molecule has 2 rings (SSSR count). The summed E-state index contributed by atoms with van der Waals surface area (Å²) in [7, 11) is 3.68. The quantitative estimate of drug-likeness (QED) is 0.631. The van der Waals surface area contributed by atoms with Crippen LogP contribution in [0.5, 0.6) is 5.75 Å². The molecule has 0 bridgehead atoms. The van der Waals surface area contributed by atoms with Crippen LogP contribution in [0.3, 0.4) is 0 Å². The minimum Gasteiger partial charge on any atom is -0.489 e. The van der Waals surface area contributed by atoms with Crippen molar-refractivity contribution in [1.29, 1.82) is 0 Å². The molecule has 0 radical (unpaired) electrons. The number of ether oxygens (including phenoxy) is 1. The summed E-state index contributed by atoms with van der Waals surface area (Å²) >= 11 is 0. The Morgan fingerprint density at radius 1 is 1.26 bits per heavy atom. The van der Waals surface area contributed by atoms with E-state index in [9.17, 15) is 0 Å². The first kappa shape index (κ1) is 16.9. The summed E-state index contributed by atoms with van der Waals surface area (Å²) < 4.78 is 7.71. The van der Waals surface area contributed by atoms with Crippen LogP contribution in [0.1, 0.15) is 18.2 Å². The highest BCUT2D eigenvalue weighted by molar-refractivity contribution is 5.79. The molecular weight excluding hydrogens is 290 g/mol. The van der Waals surface area contributed by atoms with Crippen LogP contribution in [0.15, 0.2) is 41.5 Å². The van der Waals surface area contributed by atoms with Gasteiger partial charge in [-0.15, -0.1) is 0 Å². The van der Waals surface area contributed by atoms with Gasteiger partial charge in [-0.05, 0) is 32.0 Å². The van der Waals surface area contributed by atoms with Crippen molar-refractivity contribution in [2.24, 2.45) is 12.0 Å². The summed E-state index contributed by atoms with van der Waals surface area (Å²) in [6, 6.07) is 10.0. The van der Waals surface area contributed by atoms with Crippen LogP contribution in [0.25, 0.3) is 0 Å². The molecule has 0 spiro atoms. The van der Waals surface area contributed by atoms with Gasteiger partial charge in [0.2, 0.25) is 0 Å². The lowest BCUT2D eigenvalue weighted by molar-refractivity contribution is 0.224. The van der Waals surface area contributed by atoms with E-state index in [-0.39, 0.29) is 6.10 Å². The Labute approximate surface area is 137 Å². The van der Waals surface area contributed by atoms with Crippen molar-refractivity contribution >= 4 is 5.96 Å². The molecule has 0 saturated heterocycles. The average Bonchev–Trinajstić information content (AvgIpc) is 2.95. The molecule has 0 aliphatic carbocycles. The van der Waals surface area contributed by atoms with Gasteiger partial charge < -0.3 is 15.4 Å². The predicted molar refractivity (Wildman–Crippen MR) is 92.7 cm³/mol. The van der Waals surface area contributed by atoms with E-state index in [0.717, 1.165) is 17.4 Å². The Balaban J connectivity index is 1.76. The normalized spacial score (nSPS) is 12.8. The van der Waals surface area contributed by atoms with Crippen molar-refractivity contribution in [3.05, 3.63) is 47.8 Å². The zero-order chi connectivity index (χ0) is 16.7. The van der Waals surface area contributed by atoms with Crippen LogP contribution in [-0.4, -0.2) is 35.4 Å². The third-order valence-corrected chi connectivity index (χ3v) is 3.50. The van der Waals surface area contributed by atoms with Gasteiger partial charge in [0.05, 0.1) is 18.8 Å². The minimum absolute atomic E-state index is 0.0351. The molecular formula is C17H25N5O. The maximum atomic E-state index is 5.87. The molecule has 124 valence electrons. The van der Waals surface area contributed by atoms with E-state index in [2.05, 4.69) is 27.6 Å². The molecule has 0 amide bonds. The van der Waals surface area contributed by atoms with Gasteiger partial charge in [-0.1, -0.05) is 17.7 Å². The molecule has 2 aromatic rings. The molecule has 0 saturated carbocycles. The zero-order valence-electron chi connectivity index (χ0n) is 14.2. The van der Waals surface area contributed by atoms with Crippen molar-refractivity contribution in [1.82, 2.24) is 20.4 Å². The van der Waals surface area contributed by atoms with Gasteiger partial charge in [-0.2, -0.15) is 5.10 Å². The molecule has 1 unspecified atom stereocenters. The second kappa shape index (κ2) is 8.22. The van der Waals surface area contributed by atoms with E-state index in [4.69, 9.17) is 4.74 Å². The van der Waals surface area contributed by atoms with E-state index in [0.29, 0.717) is 13.1 Å². The highest BCUT2D eigenvalue weighted by atomic mass is 16.5. The third kappa shape index (κ3) is 5.32. The number of hydrogen-bond donors (Lipinski definition) is 2. The highest BCUT2D eigenvalue weighted by Gasteiger charge is 2.06. The van der Waals surface area contributed by atoms with Gasteiger partial charge in [-0.25, -0.2) is 0 Å². The van der Waals surface area contributed by atoms with E-state index in [1.807, 2.05) is 49.0 Å². The van der Waals surface area contributed by atoms with Crippen molar-refractivity contribution < 1.29 is 4.74 Å². The van der Waals surface area contributed by atoms with Gasteiger partial charge in [0.25, 0.3) is 0 Å². The molecule has 1 heterocycles. The topological polar surface area (TPSA) is 63.5 Å². The molecule has 6 nitrogen and oxygen atoms in total. The lowest BCUT2D eigenvalue weighted by Gasteiger charge is -2.18. The predicted octanol–water partition coefficient (Wildman–Crippen LogP) is 1.86. The summed E-state index contributed by atoms with van der Waals surface area (Å²) in [6.07, 6.45) is 1.82. The Bertz CT molecular complexity index is 633. The van der Waals surface area contributed by atoms with Crippen LogP contribution >= 0.6 is 0 Å². The average molecular weight is 315 g/mol. The first-order valence-corrected chi connectivity index (χ1v) is 7.73. The summed E-state index contributed by atoms with van der Waals surface area (Å²) in [5, 5.41) is 10.7. The van der Waals surface area contributed by atoms with Crippen molar-refractivity contribution in [2.75, 3.05) is 13.6 Å². The fraction of sp³-hybridized carbons (Fsp3) is 0.412. The molecule has 2 N–H and O–H groups in total. The molecule has 0 aliphatic heterocycles. The van der Waals surface area contributed by atoms with Crippen molar-refractivity contribution in [3.63, 3.8) is 0 Å². The Kier molecular flexibility index (Phi) is 6.02. The third-order valence-electron chi connectivity index (χ3n) is 3.50. The maximum Gasteiger partial charge on any atom is 0.191 e. The van der Waals surface area contributed by atoms with Gasteiger partial charge in [0, 0.05) is 20.3 Å². The summed E-state index contributed by atoms with van der Waals surface area (Å²) in [5.74, 6) is 1.62. The lowest BCUT2D eigenvalue weighted by Crippen LogP contribution is -2.41. The number of aromatic nitrogens is 2. The summed E-state index contributed by atoms with van der Waals surface area (Å²) in [4.78, 5) is 4.22. The van der Waals surface area contributed by atoms with E-state index < -0.39 is 0 Å².